The number of alkyl halides is 1. The standard InChI is InChI=1S/C21H24F3N3O/c1-26-13-21(19(26)14-2-4-15(22)5-3-14)6-8-27(9-7-21)20(28)25-18-11-16(23)10-17(24)12-18/h2-5,11-12,16,19H,6-10,13H2,1H3,(H,25,28). The van der Waals surface area contributed by atoms with Crippen LogP contribution in [0.5, 0.6) is 0 Å². The van der Waals surface area contributed by atoms with Gasteiger partial charge in [-0.15, -0.1) is 0 Å². The second-order valence-electron chi connectivity index (χ2n) is 8.08. The summed E-state index contributed by atoms with van der Waals surface area (Å²) in [5.41, 5.74) is 1.34. The van der Waals surface area contributed by atoms with Gasteiger partial charge in [-0.2, -0.15) is 0 Å². The van der Waals surface area contributed by atoms with E-state index in [1.807, 2.05) is 12.1 Å². The van der Waals surface area contributed by atoms with Crippen molar-refractivity contribution >= 4 is 6.03 Å². The average Bonchev–Trinajstić information content (AvgIpc) is 2.63. The summed E-state index contributed by atoms with van der Waals surface area (Å²) >= 11 is 0. The molecule has 7 heteroatoms. The SMILES string of the molecule is CN1CC2(CCN(C(=O)NC3=CC(F)CC(F)=C3)CC2)C1c1ccc(F)cc1. The van der Waals surface area contributed by atoms with Gasteiger partial charge in [0.2, 0.25) is 0 Å². The van der Waals surface area contributed by atoms with E-state index in [2.05, 4.69) is 17.3 Å². The minimum atomic E-state index is -1.41. The van der Waals surface area contributed by atoms with Crippen LogP contribution in [0.25, 0.3) is 0 Å². The molecule has 4 nitrogen and oxygen atoms in total. The molecule has 1 spiro atoms. The van der Waals surface area contributed by atoms with Crippen LogP contribution in [0.4, 0.5) is 18.0 Å². The number of carbonyl (C=O) groups is 1. The average molecular weight is 391 g/mol. The second-order valence-corrected chi connectivity index (χ2v) is 8.08. The third kappa shape index (κ3) is 3.55. The lowest BCUT2D eigenvalue weighted by Gasteiger charge is -2.59. The maximum Gasteiger partial charge on any atom is 0.321 e. The first-order valence-corrected chi connectivity index (χ1v) is 9.60. The first-order valence-electron chi connectivity index (χ1n) is 9.60. The summed E-state index contributed by atoms with van der Waals surface area (Å²) in [6.07, 6.45) is 2.39. The maximum atomic E-state index is 13.4. The Morgan fingerprint density at radius 3 is 2.46 bits per heavy atom. The molecule has 2 aliphatic heterocycles. The van der Waals surface area contributed by atoms with Gasteiger partial charge < -0.3 is 10.2 Å². The Kier molecular flexibility index (Phi) is 4.95. The van der Waals surface area contributed by atoms with Gasteiger partial charge in [-0.05, 0) is 49.7 Å². The number of nitrogens with zero attached hydrogens (tertiary/aromatic N) is 2. The zero-order chi connectivity index (χ0) is 19.9. The highest BCUT2D eigenvalue weighted by molar-refractivity contribution is 5.77. The van der Waals surface area contributed by atoms with E-state index >= 15 is 0 Å². The highest BCUT2D eigenvalue weighted by Crippen LogP contribution is 2.54. The monoisotopic (exact) mass is 391 g/mol. The lowest BCUT2D eigenvalue weighted by Crippen LogP contribution is -2.61. The normalized spacial score (nSPS) is 27.1. The molecule has 2 amide bonds. The number of allylic oxidation sites excluding steroid dienone is 3. The highest BCUT2D eigenvalue weighted by Gasteiger charge is 2.52. The molecule has 0 saturated carbocycles. The Morgan fingerprint density at radius 2 is 1.86 bits per heavy atom. The quantitative estimate of drug-likeness (QED) is 0.825. The molecule has 2 unspecified atom stereocenters. The molecule has 2 atom stereocenters. The van der Waals surface area contributed by atoms with Crippen LogP contribution < -0.4 is 5.32 Å². The lowest BCUT2D eigenvalue weighted by molar-refractivity contribution is -0.0919. The Morgan fingerprint density at radius 1 is 1.18 bits per heavy atom. The van der Waals surface area contributed by atoms with Gasteiger partial charge in [-0.25, -0.2) is 18.0 Å². The van der Waals surface area contributed by atoms with Crippen molar-refractivity contribution in [1.29, 1.82) is 0 Å². The van der Waals surface area contributed by atoms with E-state index in [0.29, 0.717) is 13.1 Å². The molecule has 1 aliphatic carbocycles. The van der Waals surface area contributed by atoms with E-state index in [0.717, 1.165) is 24.9 Å². The van der Waals surface area contributed by atoms with Crippen LogP contribution in [0.3, 0.4) is 0 Å². The van der Waals surface area contributed by atoms with E-state index < -0.39 is 12.0 Å². The van der Waals surface area contributed by atoms with E-state index in [1.54, 1.807) is 4.90 Å². The van der Waals surface area contributed by atoms with Gasteiger partial charge in [0.1, 0.15) is 17.8 Å². The van der Waals surface area contributed by atoms with Gasteiger partial charge >= 0.3 is 6.03 Å². The van der Waals surface area contributed by atoms with E-state index in [-0.39, 0.29) is 35.4 Å². The predicted molar refractivity (Wildman–Crippen MR) is 100 cm³/mol. The summed E-state index contributed by atoms with van der Waals surface area (Å²) in [5, 5.41) is 2.61. The van der Waals surface area contributed by atoms with Crippen molar-refractivity contribution in [1.82, 2.24) is 15.1 Å². The number of urea groups is 1. The predicted octanol–water partition coefficient (Wildman–Crippen LogP) is 4.08. The third-order valence-electron chi connectivity index (χ3n) is 6.13. The number of hydrogen-bond acceptors (Lipinski definition) is 2. The van der Waals surface area contributed by atoms with Gasteiger partial charge in [0.25, 0.3) is 0 Å². The zero-order valence-corrected chi connectivity index (χ0v) is 15.8. The van der Waals surface area contributed by atoms with E-state index in [1.165, 1.54) is 24.3 Å². The summed E-state index contributed by atoms with van der Waals surface area (Å²) in [4.78, 5) is 16.4. The molecular formula is C21H24F3N3O. The van der Waals surface area contributed by atoms with Gasteiger partial charge in [0.15, 0.2) is 0 Å². The largest absolute Gasteiger partial charge is 0.324 e. The van der Waals surface area contributed by atoms with Crippen molar-refractivity contribution in [3.8, 4) is 0 Å². The lowest BCUT2D eigenvalue weighted by atomic mass is 9.63. The van der Waals surface area contributed by atoms with Crippen LogP contribution >= 0.6 is 0 Å². The molecule has 2 heterocycles. The van der Waals surface area contributed by atoms with Crippen molar-refractivity contribution in [2.75, 3.05) is 26.7 Å². The molecular weight excluding hydrogens is 367 g/mol. The number of halogens is 3. The molecule has 0 aromatic heterocycles. The van der Waals surface area contributed by atoms with Gasteiger partial charge in [-0.1, -0.05) is 12.1 Å². The third-order valence-corrected chi connectivity index (χ3v) is 6.13. The summed E-state index contributed by atoms with van der Waals surface area (Å²) in [7, 11) is 2.06. The molecule has 1 N–H and O–H groups in total. The van der Waals surface area contributed by atoms with Gasteiger partial charge in [0, 0.05) is 43.2 Å². The summed E-state index contributed by atoms with van der Waals surface area (Å²) in [6, 6.07) is 6.52. The fraction of sp³-hybridized carbons (Fsp3) is 0.476. The fourth-order valence-electron chi connectivity index (χ4n) is 4.87. The Labute approximate surface area is 162 Å². The molecule has 4 rings (SSSR count). The molecule has 1 aromatic rings. The minimum Gasteiger partial charge on any atom is -0.324 e. The van der Waals surface area contributed by atoms with Crippen molar-refractivity contribution in [2.24, 2.45) is 5.41 Å². The van der Waals surface area contributed by atoms with E-state index in [9.17, 15) is 18.0 Å². The van der Waals surface area contributed by atoms with Gasteiger partial charge in [-0.3, -0.25) is 4.90 Å². The van der Waals surface area contributed by atoms with Crippen LogP contribution in [0.1, 0.15) is 30.9 Å². The van der Waals surface area contributed by atoms with Crippen LogP contribution in [0.15, 0.2) is 47.9 Å². The van der Waals surface area contributed by atoms with Crippen LogP contribution in [0, 0.1) is 11.2 Å². The fourth-order valence-corrected chi connectivity index (χ4v) is 4.87. The van der Waals surface area contributed by atoms with Gasteiger partial charge in [0.05, 0.1) is 0 Å². The topological polar surface area (TPSA) is 35.6 Å². The molecule has 0 radical (unpaired) electrons. The first kappa shape index (κ1) is 19.1. The van der Waals surface area contributed by atoms with Crippen LogP contribution in [-0.4, -0.2) is 48.7 Å². The number of piperidine rings is 1. The number of hydrogen-bond donors (Lipinski definition) is 1. The Bertz CT molecular complexity index is 813. The smallest absolute Gasteiger partial charge is 0.321 e. The van der Waals surface area contributed by atoms with Crippen molar-refractivity contribution < 1.29 is 18.0 Å². The summed E-state index contributed by atoms with van der Waals surface area (Å²) < 4.78 is 40.1. The Hall–Kier alpha value is -2.28. The second kappa shape index (κ2) is 7.28. The molecule has 150 valence electrons. The molecule has 2 fully saturated rings. The van der Waals surface area contributed by atoms with Crippen molar-refractivity contribution in [3.05, 3.63) is 59.3 Å². The number of likely N-dealkylation sites (tertiary alicyclic amines) is 2. The number of nitrogens with one attached hydrogen (secondary N) is 1. The van der Waals surface area contributed by atoms with Crippen LogP contribution in [-0.2, 0) is 0 Å². The van der Waals surface area contributed by atoms with E-state index in [4.69, 9.17) is 0 Å². The molecule has 2 saturated heterocycles. The number of benzene rings is 1. The van der Waals surface area contributed by atoms with Crippen LogP contribution in [0.2, 0.25) is 0 Å². The van der Waals surface area contributed by atoms with Crippen molar-refractivity contribution in [3.63, 3.8) is 0 Å². The number of amides is 2. The highest BCUT2D eigenvalue weighted by atomic mass is 19.1. The van der Waals surface area contributed by atoms with Crippen molar-refractivity contribution in [2.45, 2.75) is 31.5 Å². The number of carbonyl (C=O) groups excluding carboxylic acids is 1. The molecule has 0 bridgehead atoms. The Balaban J connectivity index is 1.39. The summed E-state index contributed by atoms with van der Waals surface area (Å²) in [5.74, 6) is -0.813. The molecule has 3 aliphatic rings. The first-order chi connectivity index (χ1) is 13.4. The maximum absolute atomic E-state index is 13.4. The number of rotatable bonds is 2. The summed E-state index contributed by atoms with van der Waals surface area (Å²) in [6.45, 7) is 2.10. The molecule has 28 heavy (non-hydrogen) atoms. The molecule has 1 aromatic carbocycles. The zero-order valence-electron chi connectivity index (χ0n) is 15.8. The minimum absolute atomic E-state index is 0.0729.